The fourth-order valence-electron chi connectivity index (χ4n) is 2.34. The van der Waals surface area contributed by atoms with Gasteiger partial charge in [0.05, 0.1) is 10.9 Å². The van der Waals surface area contributed by atoms with Crippen molar-refractivity contribution in [3.8, 4) is 5.75 Å². The van der Waals surface area contributed by atoms with Crippen LogP contribution in [0.15, 0.2) is 59.5 Å². The Morgan fingerprint density at radius 3 is 2.36 bits per heavy atom. The number of hydrogen-bond donors (Lipinski definition) is 2. The molecule has 0 saturated heterocycles. The molecule has 2 rings (SSSR count). The lowest BCUT2D eigenvalue weighted by molar-refractivity contribution is -0.122. The van der Waals surface area contributed by atoms with Crippen molar-refractivity contribution in [3.05, 3.63) is 60.2 Å². The lowest BCUT2D eigenvalue weighted by Gasteiger charge is -2.20. The maximum absolute atomic E-state index is 12.6. The maximum Gasteiger partial charge on any atom is 0.257 e. The van der Waals surface area contributed by atoms with E-state index in [-0.39, 0.29) is 17.4 Å². The number of hydrogen-bond acceptors (Lipinski definition) is 4. The van der Waals surface area contributed by atoms with Crippen LogP contribution in [0, 0.1) is 0 Å². The van der Waals surface area contributed by atoms with Gasteiger partial charge in [-0.25, -0.2) is 13.1 Å². The van der Waals surface area contributed by atoms with E-state index in [0.29, 0.717) is 17.7 Å². The molecule has 1 atom stereocenters. The molecule has 0 aliphatic carbocycles. The molecule has 2 aromatic carbocycles. The number of carbonyl (C=O) groups excluding carboxylic acids is 1. The predicted octanol–water partition coefficient (Wildman–Crippen LogP) is 2.24. The highest BCUT2D eigenvalue weighted by Crippen LogP contribution is 2.28. The molecule has 0 unspecified atom stereocenters. The smallest absolute Gasteiger partial charge is 0.257 e. The molecule has 0 aromatic heterocycles. The van der Waals surface area contributed by atoms with Gasteiger partial charge in [0.1, 0.15) is 5.75 Å². The number of ether oxygens (including phenoxy) is 1. The lowest BCUT2D eigenvalue weighted by Crippen LogP contribution is -2.29. The van der Waals surface area contributed by atoms with Crippen LogP contribution in [0.5, 0.6) is 5.75 Å². The quantitative estimate of drug-likeness (QED) is 0.754. The van der Waals surface area contributed by atoms with E-state index < -0.39 is 16.1 Å². The number of benzene rings is 2. The van der Waals surface area contributed by atoms with Gasteiger partial charge in [0, 0.05) is 12.6 Å². The Balaban J connectivity index is 2.25. The fourth-order valence-corrected chi connectivity index (χ4v) is 3.66. The van der Waals surface area contributed by atoms with Gasteiger partial charge in [-0.3, -0.25) is 4.79 Å². The second kappa shape index (κ2) is 8.64. The van der Waals surface area contributed by atoms with Crippen LogP contribution < -0.4 is 14.8 Å². The van der Waals surface area contributed by atoms with Gasteiger partial charge in [0.25, 0.3) is 5.91 Å². The largest absolute Gasteiger partial charge is 0.483 e. The number of para-hydroxylation sites is 1. The van der Waals surface area contributed by atoms with Gasteiger partial charge in [-0.05, 0) is 24.6 Å². The summed E-state index contributed by atoms with van der Waals surface area (Å²) in [5, 5.41) is 2.48. The highest BCUT2D eigenvalue weighted by atomic mass is 32.2. The Labute approximate surface area is 148 Å². The van der Waals surface area contributed by atoms with Crippen LogP contribution in [0.25, 0.3) is 0 Å². The van der Waals surface area contributed by atoms with Crippen LogP contribution >= 0.6 is 0 Å². The molecule has 0 bridgehead atoms. The Morgan fingerprint density at radius 1 is 1.08 bits per heavy atom. The Hall–Kier alpha value is -2.38. The molecule has 134 valence electrons. The van der Waals surface area contributed by atoms with Crippen molar-refractivity contribution in [1.82, 2.24) is 10.0 Å². The van der Waals surface area contributed by atoms with Crippen molar-refractivity contribution in [2.45, 2.75) is 24.3 Å². The first-order valence-corrected chi connectivity index (χ1v) is 9.46. The molecule has 0 heterocycles. The minimum absolute atomic E-state index is 0.130. The molecule has 0 fully saturated rings. The Morgan fingerprint density at radius 2 is 1.72 bits per heavy atom. The molecule has 6 nitrogen and oxygen atoms in total. The summed E-state index contributed by atoms with van der Waals surface area (Å²) in [6.07, 6.45) is 0.534. The van der Waals surface area contributed by atoms with Crippen molar-refractivity contribution in [2.24, 2.45) is 0 Å². The molecule has 0 aliphatic rings. The second-order valence-electron chi connectivity index (χ2n) is 5.39. The minimum atomic E-state index is -3.66. The van der Waals surface area contributed by atoms with Crippen LogP contribution in [0.3, 0.4) is 0 Å². The monoisotopic (exact) mass is 362 g/mol. The molecule has 0 spiro atoms. The second-order valence-corrected chi connectivity index (χ2v) is 7.11. The molecule has 2 N–H and O–H groups in total. The first-order chi connectivity index (χ1) is 12.0. The van der Waals surface area contributed by atoms with Crippen LogP contribution in [-0.2, 0) is 14.8 Å². The van der Waals surface area contributed by atoms with Crippen molar-refractivity contribution in [3.63, 3.8) is 0 Å². The first-order valence-electron chi connectivity index (χ1n) is 7.97. The fraction of sp³-hybridized carbons (Fsp3) is 0.278. The van der Waals surface area contributed by atoms with Gasteiger partial charge in [-0.15, -0.1) is 0 Å². The third-order valence-electron chi connectivity index (χ3n) is 3.69. The standard InChI is InChI=1S/C18H22N2O4S/c1-3-16(20-25(22,23)14-9-5-4-6-10-14)15-11-7-8-12-17(15)24-13-18(21)19-2/h4-12,16,20H,3,13H2,1-2H3,(H,19,21)/t16-/m0/s1. The number of carbonyl (C=O) groups is 1. The SMILES string of the molecule is CC[C@H](NS(=O)(=O)c1ccccc1)c1ccccc1OCC(=O)NC. The van der Waals surface area contributed by atoms with Crippen molar-refractivity contribution < 1.29 is 17.9 Å². The van der Waals surface area contributed by atoms with Gasteiger partial charge < -0.3 is 10.1 Å². The number of rotatable bonds is 8. The average Bonchev–Trinajstić information content (AvgIpc) is 2.65. The molecule has 0 aliphatic heterocycles. The molecule has 1 amide bonds. The zero-order chi connectivity index (χ0) is 18.3. The van der Waals surface area contributed by atoms with Gasteiger partial charge >= 0.3 is 0 Å². The molecule has 0 saturated carbocycles. The van der Waals surface area contributed by atoms with E-state index in [1.807, 2.05) is 13.0 Å². The predicted molar refractivity (Wildman–Crippen MR) is 95.8 cm³/mol. The summed E-state index contributed by atoms with van der Waals surface area (Å²) in [6.45, 7) is 1.75. The van der Waals surface area contributed by atoms with E-state index in [1.165, 1.54) is 7.05 Å². The molecule has 7 heteroatoms. The van der Waals surface area contributed by atoms with E-state index in [2.05, 4.69) is 10.0 Å². The summed E-state index contributed by atoms with van der Waals surface area (Å²) < 4.78 is 33.4. The summed E-state index contributed by atoms with van der Waals surface area (Å²) in [6, 6.07) is 14.8. The van der Waals surface area contributed by atoms with Crippen molar-refractivity contribution in [1.29, 1.82) is 0 Å². The number of likely N-dealkylation sites (N-methyl/N-ethyl adjacent to an activating group) is 1. The molecule has 0 radical (unpaired) electrons. The summed E-state index contributed by atoms with van der Waals surface area (Å²) >= 11 is 0. The highest BCUT2D eigenvalue weighted by molar-refractivity contribution is 7.89. The number of nitrogens with one attached hydrogen (secondary N) is 2. The summed E-state index contributed by atoms with van der Waals surface area (Å²) in [4.78, 5) is 11.6. The van der Waals surface area contributed by atoms with Gasteiger partial charge in [-0.1, -0.05) is 43.3 Å². The van der Waals surface area contributed by atoms with E-state index in [1.54, 1.807) is 48.5 Å². The lowest BCUT2D eigenvalue weighted by atomic mass is 10.0. The van der Waals surface area contributed by atoms with Crippen molar-refractivity contribution >= 4 is 15.9 Å². The number of sulfonamides is 1. The average molecular weight is 362 g/mol. The van der Waals surface area contributed by atoms with Gasteiger partial charge in [0.2, 0.25) is 10.0 Å². The molecule has 25 heavy (non-hydrogen) atoms. The van der Waals surface area contributed by atoms with Crippen LogP contribution in [0.4, 0.5) is 0 Å². The molecular weight excluding hydrogens is 340 g/mol. The summed E-state index contributed by atoms with van der Waals surface area (Å²) in [5.41, 5.74) is 0.688. The van der Waals surface area contributed by atoms with Crippen LogP contribution in [-0.4, -0.2) is 28.0 Å². The van der Waals surface area contributed by atoms with Gasteiger partial charge in [-0.2, -0.15) is 0 Å². The Bertz CT molecular complexity index is 807. The summed E-state index contributed by atoms with van der Waals surface area (Å²) in [5.74, 6) is 0.224. The van der Waals surface area contributed by atoms with Gasteiger partial charge in [0.15, 0.2) is 6.61 Å². The zero-order valence-corrected chi connectivity index (χ0v) is 15.0. The summed E-state index contributed by atoms with van der Waals surface area (Å²) in [7, 11) is -2.13. The molecular formula is C18H22N2O4S. The molecule has 2 aromatic rings. The highest BCUT2D eigenvalue weighted by Gasteiger charge is 2.22. The third-order valence-corrected chi connectivity index (χ3v) is 5.18. The first kappa shape index (κ1) is 19.0. The normalized spacial score (nSPS) is 12.4. The minimum Gasteiger partial charge on any atom is -0.483 e. The van der Waals surface area contributed by atoms with E-state index in [9.17, 15) is 13.2 Å². The van der Waals surface area contributed by atoms with Crippen LogP contribution in [0.1, 0.15) is 24.9 Å². The van der Waals surface area contributed by atoms with E-state index in [4.69, 9.17) is 4.74 Å². The maximum atomic E-state index is 12.6. The van der Waals surface area contributed by atoms with Crippen molar-refractivity contribution in [2.75, 3.05) is 13.7 Å². The van der Waals surface area contributed by atoms with E-state index >= 15 is 0 Å². The number of amides is 1. The Kier molecular flexibility index (Phi) is 6.55. The zero-order valence-electron chi connectivity index (χ0n) is 14.2. The van der Waals surface area contributed by atoms with E-state index in [0.717, 1.165) is 0 Å². The van der Waals surface area contributed by atoms with Crippen LogP contribution in [0.2, 0.25) is 0 Å². The third kappa shape index (κ3) is 5.04. The topological polar surface area (TPSA) is 84.5 Å².